The minimum Gasteiger partial charge on any atom is -0.344 e. The van der Waals surface area contributed by atoms with Gasteiger partial charge in [-0.15, -0.1) is 11.8 Å². The summed E-state index contributed by atoms with van der Waals surface area (Å²) in [7, 11) is 0. The van der Waals surface area contributed by atoms with Gasteiger partial charge in [0.25, 0.3) is 5.91 Å². The molecule has 1 aromatic heterocycles. The highest BCUT2D eigenvalue weighted by Gasteiger charge is 2.22. The van der Waals surface area contributed by atoms with E-state index in [-0.39, 0.29) is 11.9 Å². The number of fused-ring (bicyclic) bond motifs is 1. The standard InChI is InChI=1S/C13H13N3OS/c17-13(11-5-7-14-16-11)15-10-6-8-18-12-4-2-1-3-9(10)12/h1-5,7,10H,6,8H2,(H,14,16)(H,15,17)/t10-/m0/s1. The van der Waals surface area contributed by atoms with Gasteiger partial charge < -0.3 is 5.32 Å². The second kappa shape index (κ2) is 4.86. The SMILES string of the molecule is O=C(N[C@H]1CCSc2ccccc21)c1ccn[nH]1. The predicted octanol–water partition coefficient (Wildman–Crippen LogP) is 2.38. The van der Waals surface area contributed by atoms with Crippen molar-refractivity contribution in [3.8, 4) is 0 Å². The molecule has 1 aromatic carbocycles. The fraction of sp³-hybridized carbons (Fsp3) is 0.231. The summed E-state index contributed by atoms with van der Waals surface area (Å²) >= 11 is 1.85. The molecule has 3 rings (SSSR count). The molecule has 0 fully saturated rings. The number of aromatic nitrogens is 2. The second-order valence-electron chi connectivity index (χ2n) is 4.17. The third-order valence-corrected chi connectivity index (χ3v) is 4.13. The number of nitrogens with zero attached hydrogens (tertiary/aromatic N) is 1. The van der Waals surface area contributed by atoms with E-state index in [9.17, 15) is 4.79 Å². The van der Waals surface area contributed by atoms with E-state index in [0.29, 0.717) is 5.69 Å². The lowest BCUT2D eigenvalue weighted by molar-refractivity contribution is 0.0930. The number of rotatable bonds is 2. The summed E-state index contributed by atoms with van der Waals surface area (Å²) in [5, 5.41) is 9.53. The molecule has 1 aliphatic heterocycles. The molecule has 0 spiro atoms. The molecule has 1 aliphatic rings. The lowest BCUT2D eigenvalue weighted by Crippen LogP contribution is -2.30. The number of benzene rings is 1. The van der Waals surface area contributed by atoms with Crippen molar-refractivity contribution in [1.82, 2.24) is 15.5 Å². The van der Waals surface area contributed by atoms with Gasteiger partial charge in [0.05, 0.1) is 6.04 Å². The van der Waals surface area contributed by atoms with Crippen LogP contribution in [-0.2, 0) is 0 Å². The number of H-pyrrole nitrogens is 1. The number of carbonyl (C=O) groups excluding carboxylic acids is 1. The molecule has 2 N–H and O–H groups in total. The zero-order chi connectivity index (χ0) is 12.4. The molecule has 5 heteroatoms. The zero-order valence-electron chi connectivity index (χ0n) is 9.72. The monoisotopic (exact) mass is 259 g/mol. The molecule has 0 saturated carbocycles. The van der Waals surface area contributed by atoms with Gasteiger partial charge >= 0.3 is 0 Å². The van der Waals surface area contributed by atoms with Crippen LogP contribution in [-0.4, -0.2) is 21.9 Å². The minimum atomic E-state index is -0.0980. The lowest BCUT2D eigenvalue weighted by atomic mass is 10.0. The Kier molecular flexibility index (Phi) is 3.06. The summed E-state index contributed by atoms with van der Waals surface area (Å²) in [5.74, 6) is 0.935. The molecule has 2 aromatic rings. The summed E-state index contributed by atoms with van der Waals surface area (Å²) < 4.78 is 0. The summed E-state index contributed by atoms with van der Waals surface area (Å²) in [5.41, 5.74) is 1.72. The molecule has 0 bridgehead atoms. The molecule has 0 saturated heterocycles. The van der Waals surface area contributed by atoms with Crippen LogP contribution >= 0.6 is 11.8 Å². The number of nitrogens with one attached hydrogen (secondary N) is 2. The first-order valence-corrected chi connectivity index (χ1v) is 6.85. The van der Waals surface area contributed by atoms with Crippen molar-refractivity contribution in [3.05, 3.63) is 47.8 Å². The highest BCUT2D eigenvalue weighted by Crippen LogP contribution is 2.35. The molecule has 1 amide bonds. The fourth-order valence-corrected chi connectivity index (χ4v) is 3.24. The molecule has 0 unspecified atom stereocenters. The van der Waals surface area contributed by atoms with Crippen molar-refractivity contribution < 1.29 is 4.79 Å². The summed E-state index contributed by atoms with van der Waals surface area (Å²) in [6.07, 6.45) is 2.54. The maximum Gasteiger partial charge on any atom is 0.269 e. The molecule has 2 heterocycles. The Hall–Kier alpha value is -1.75. The molecular formula is C13H13N3OS. The van der Waals surface area contributed by atoms with E-state index in [0.717, 1.165) is 12.2 Å². The van der Waals surface area contributed by atoms with E-state index in [4.69, 9.17) is 0 Å². The molecule has 4 nitrogen and oxygen atoms in total. The van der Waals surface area contributed by atoms with Crippen LogP contribution in [0, 0.1) is 0 Å². The van der Waals surface area contributed by atoms with Gasteiger partial charge in [0.2, 0.25) is 0 Å². The van der Waals surface area contributed by atoms with Crippen LogP contribution in [0.15, 0.2) is 41.4 Å². The van der Waals surface area contributed by atoms with Crippen LogP contribution in [0.1, 0.15) is 28.5 Å². The highest BCUT2D eigenvalue weighted by molar-refractivity contribution is 7.99. The van der Waals surface area contributed by atoms with Gasteiger partial charge in [-0.1, -0.05) is 18.2 Å². The van der Waals surface area contributed by atoms with E-state index in [1.165, 1.54) is 10.5 Å². The van der Waals surface area contributed by atoms with Gasteiger partial charge in [-0.2, -0.15) is 5.10 Å². The molecule has 0 aliphatic carbocycles. The Balaban J connectivity index is 1.80. The molecule has 18 heavy (non-hydrogen) atoms. The second-order valence-corrected chi connectivity index (χ2v) is 5.31. The number of aromatic amines is 1. The van der Waals surface area contributed by atoms with Gasteiger partial charge in [0.1, 0.15) is 5.69 Å². The smallest absolute Gasteiger partial charge is 0.269 e. The van der Waals surface area contributed by atoms with Crippen molar-refractivity contribution in [2.75, 3.05) is 5.75 Å². The predicted molar refractivity (Wildman–Crippen MR) is 70.6 cm³/mol. The van der Waals surface area contributed by atoms with Crippen molar-refractivity contribution in [3.63, 3.8) is 0 Å². The number of hydrogen-bond acceptors (Lipinski definition) is 3. The van der Waals surface area contributed by atoms with Crippen LogP contribution in [0.4, 0.5) is 0 Å². The number of hydrogen-bond donors (Lipinski definition) is 2. The summed E-state index contributed by atoms with van der Waals surface area (Å²) in [4.78, 5) is 13.3. The number of carbonyl (C=O) groups is 1. The Bertz CT molecular complexity index is 553. The van der Waals surface area contributed by atoms with E-state index < -0.39 is 0 Å². The molecular weight excluding hydrogens is 246 g/mol. The number of thioether (sulfide) groups is 1. The molecule has 1 atom stereocenters. The van der Waals surface area contributed by atoms with Crippen molar-refractivity contribution in [1.29, 1.82) is 0 Å². The Morgan fingerprint density at radius 1 is 1.39 bits per heavy atom. The third kappa shape index (κ3) is 2.13. The summed E-state index contributed by atoms with van der Waals surface area (Å²) in [6, 6.07) is 10.0. The third-order valence-electron chi connectivity index (χ3n) is 3.01. The number of amides is 1. The van der Waals surface area contributed by atoms with Crippen LogP contribution in [0.5, 0.6) is 0 Å². The maximum absolute atomic E-state index is 12.0. The first-order chi connectivity index (χ1) is 8.84. The Labute approximate surface area is 109 Å². The van der Waals surface area contributed by atoms with E-state index in [2.05, 4.69) is 27.6 Å². The van der Waals surface area contributed by atoms with Gasteiger partial charge in [-0.3, -0.25) is 9.89 Å². The first kappa shape index (κ1) is 11.3. The van der Waals surface area contributed by atoms with Crippen molar-refractivity contribution in [2.45, 2.75) is 17.4 Å². The van der Waals surface area contributed by atoms with Crippen LogP contribution in [0.2, 0.25) is 0 Å². The van der Waals surface area contributed by atoms with Gasteiger partial charge in [0, 0.05) is 16.8 Å². The molecule has 92 valence electrons. The Morgan fingerprint density at radius 3 is 3.11 bits per heavy atom. The fourth-order valence-electron chi connectivity index (χ4n) is 2.11. The van der Waals surface area contributed by atoms with Gasteiger partial charge in [-0.05, 0) is 24.1 Å². The van der Waals surface area contributed by atoms with Gasteiger partial charge in [0.15, 0.2) is 0 Å². The van der Waals surface area contributed by atoms with Crippen LogP contribution in [0.25, 0.3) is 0 Å². The van der Waals surface area contributed by atoms with Crippen LogP contribution in [0.3, 0.4) is 0 Å². The minimum absolute atomic E-state index is 0.0956. The largest absolute Gasteiger partial charge is 0.344 e. The van der Waals surface area contributed by atoms with E-state index in [1.54, 1.807) is 12.3 Å². The van der Waals surface area contributed by atoms with E-state index >= 15 is 0 Å². The van der Waals surface area contributed by atoms with Crippen molar-refractivity contribution in [2.24, 2.45) is 0 Å². The zero-order valence-corrected chi connectivity index (χ0v) is 10.5. The average Bonchev–Trinajstić information content (AvgIpc) is 2.93. The summed E-state index contributed by atoms with van der Waals surface area (Å²) in [6.45, 7) is 0. The topological polar surface area (TPSA) is 57.8 Å². The average molecular weight is 259 g/mol. The first-order valence-electron chi connectivity index (χ1n) is 5.86. The van der Waals surface area contributed by atoms with E-state index in [1.807, 2.05) is 23.9 Å². The maximum atomic E-state index is 12.0. The van der Waals surface area contributed by atoms with Crippen LogP contribution < -0.4 is 5.32 Å². The van der Waals surface area contributed by atoms with Crippen molar-refractivity contribution >= 4 is 17.7 Å². The lowest BCUT2D eigenvalue weighted by Gasteiger charge is -2.25. The highest BCUT2D eigenvalue weighted by atomic mass is 32.2. The van der Waals surface area contributed by atoms with Gasteiger partial charge in [-0.25, -0.2) is 0 Å². The quantitative estimate of drug-likeness (QED) is 0.870. The Morgan fingerprint density at radius 2 is 2.28 bits per heavy atom. The molecule has 0 radical (unpaired) electrons. The normalized spacial score (nSPS) is 18.1.